The monoisotopic (exact) mass is 474 g/mol. The highest BCUT2D eigenvalue weighted by atomic mass is 15.1. The van der Waals surface area contributed by atoms with Crippen molar-refractivity contribution in [3.05, 3.63) is 71.8 Å². The van der Waals surface area contributed by atoms with Crippen molar-refractivity contribution in [3.8, 4) is 0 Å². The highest BCUT2D eigenvalue weighted by Gasteiger charge is 2.20. The van der Waals surface area contributed by atoms with Gasteiger partial charge in [-0.25, -0.2) is 0 Å². The number of nitrogens with zero attached hydrogens (tertiary/aromatic N) is 2. The molecule has 35 heavy (non-hydrogen) atoms. The van der Waals surface area contributed by atoms with Crippen LogP contribution >= 0.6 is 0 Å². The Labute approximate surface area is 216 Å². The van der Waals surface area contributed by atoms with Gasteiger partial charge in [0.25, 0.3) is 0 Å². The molecule has 2 aliphatic heterocycles. The predicted molar refractivity (Wildman–Crippen MR) is 151 cm³/mol. The van der Waals surface area contributed by atoms with E-state index in [2.05, 4.69) is 70.5 Å². The summed E-state index contributed by atoms with van der Waals surface area (Å²) in [4.78, 5) is 5.49. The Hall–Kier alpha value is -1.64. The van der Waals surface area contributed by atoms with Gasteiger partial charge in [0.1, 0.15) is 0 Å². The van der Waals surface area contributed by atoms with Crippen LogP contribution in [0.25, 0.3) is 0 Å². The first-order valence-corrected chi connectivity index (χ1v) is 14.9. The van der Waals surface area contributed by atoms with Crippen LogP contribution in [-0.4, -0.2) is 49.1 Å². The number of rotatable bonds is 14. The molecule has 0 spiro atoms. The zero-order valence-corrected chi connectivity index (χ0v) is 22.3. The topological polar surface area (TPSA) is 6.48 Å². The van der Waals surface area contributed by atoms with Gasteiger partial charge in [0.2, 0.25) is 0 Å². The fraction of sp³-hybridized carbons (Fsp3) is 0.636. The summed E-state index contributed by atoms with van der Waals surface area (Å²) in [5.41, 5.74) is 3.02. The lowest BCUT2D eigenvalue weighted by atomic mass is 9.90. The van der Waals surface area contributed by atoms with Crippen molar-refractivity contribution in [1.29, 1.82) is 0 Å². The fourth-order valence-corrected chi connectivity index (χ4v) is 6.32. The van der Waals surface area contributed by atoms with Crippen molar-refractivity contribution in [2.75, 3.05) is 39.3 Å². The van der Waals surface area contributed by atoms with Gasteiger partial charge in [-0.1, -0.05) is 79.9 Å². The number of benzene rings is 2. The van der Waals surface area contributed by atoms with E-state index >= 15 is 0 Å². The molecule has 0 unspecified atom stereocenters. The Morgan fingerprint density at radius 2 is 0.886 bits per heavy atom. The summed E-state index contributed by atoms with van der Waals surface area (Å²) in [7, 11) is 0. The average molecular weight is 475 g/mol. The molecule has 0 aliphatic carbocycles. The van der Waals surface area contributed by atoms with E-state index in [1.807, 2.05) is 0 Å². The van der Waals surface area contributed by atoms with Gasteiger partial charge in [-0.05, 0) is 126 Å². The highest BCUT2D eigenvalue weighted by molar-refractivity contribution is 5.15. The van der Waals surface area contributed by atoms with Crippen LogP contribution in [0.3, 0.4) is 0 Å². The van der Waals surface area contributed by atoms with Crippen molar-refractivity contribution in [2.24, 2.45) is 11.8 Å². The van der Waals surface area contributed by atoms with Crippen molar-refractivity contribution < 1.29 is 0 Å². The molecule has 192 valence electrons. The normalized spacial score (nSPS) is 18.7. The summed E-state index contributed by atoms with van der Waals surface area (Å²) in [6, 6.07) is 22.0. The van der Waals surface area contributed by atoms with Crippen LogP contribution in [0.2, 0.25) is 0 Å². The molecule has 2 saturated heterocycles. The zero-order valence-electron chi connectivity index (χ0n) is 22.3. The Bertz CT molecular complexity index is 706. The first-order chi connectivity index (χ1) is 17.3. The molecule has 2 aromatic rings. The number of aryl methyl sites for hydroxylation is 2. The molecule has 0 aromatic heterocycles. The number of piperidine rings is 2. The summed E-state index contributed by atoms with van der Waals surface area (Å²) in [5, 5.41) is 0. The molecule has 2 aliphatic rings. The Balaban J connectivity index is 0.957. The summed E-state index contributed by atoms with van der Waals surface area (Å²) < 4.78 is 0. The standard InChI is InChI=1S/C33H50N2/c1-4-12-30(13-5-1)16-10-18-32-20-26-34(27-21-32)24-8-3-9-25-35-28-22-33(23-29-35)19-11-17-31-14-6-2-7-15-31/h1-2,4-7,12-15,32-33H,3,8-11,16-29H2. The second kappa shape index (κ2) is 15.5. The van der Waals surface area contributed by atoms with E-state index < -0.39 is 0 Å². The van der Waals surface area contributed by atoms with Gasteiger partial charge in [0.05, 0.1) is 0 Å². The van der Waals surface area contributed by atoms with Crippen LogP contribution < -0.4 is 0 Å². The molecule has 4 rings (SSSR count). The Morgan fingerprint density at radius 3 is 1.29 bits per heavy atom. The molecule has 2 heterocycles. The minimum atomic E-state index is 0.969. The van der Waals surface area contributed by atoms with Crippen LogP contribution in [0, 0.1) is 11.8 Å². The third-order valence-corrected chi connectivity index (χ3v) is 8.70. The molecule has 0 N–H and O–H groups in total. The van der Waals surface area contributed by atoms with E-state index in [1.165, 1.54) is 134 Å². The van der Waals surface area contributed by atoms with Crippen LogP contribution in [0.5, 0.6) is 0 Å². The van der Waals surface area contributed by atoms with E-state index in [9.17, 15) is 0 Å². The first-order valence-electron chi connectivity index (χ1n) is 14.9. The lowest BCUT2D eigenvalue weighted by Gasteiger charge is -2.33. The highest BCUT2D eigenvalue weighted by Crippen LogP contribution is 2.24. The average Bonchev–Trinajstić information content (AvgIpc) is 2.91. The number of hydrogen-bond donors (Lipinski definition) is 0. The van der Waals surface area contributed by atoms with Crippen molar-refractivity contribution in [3.63, 3.8) is 0 Å². The number of likely N-dealkylation sites (tertiary alicyclic amines) is 2. The van der Waals surface area contributed by atoms with Gasteiger partial charge in [-0.2, -0.15) is 0 Å². The third kappa shape index (κ3) is 10.1. The maximum Gasteiger partial charge on any atom is -0.00161 e. The number of hydrogen-bond acceptors (Lipinski definition) is 2. The molecule has 2 aromatic carbocycles. The molecule has 2 heteroatoms. The van der Waals surface area contributed by atoms with E-state index in [-0.39, 0.29) is 0 Å². The maximum atomic E-state index is 2.74. The predicted octanol–water partition coefficient (Wildman–Crippen LogP) is 7.63. The van der Waals surface area contributed by atoms with Gasteiger partial charge in [0.15, 0.2) is 0 Å². The van der Waals surface area contributed by atoms with Crippen LogP contribution in [0.15, 0.2) is 60.7 Å². The van der Waals surface area contributed by atoms with E-state index in [4.69, 9.17) is 0 Å². The molecule has 0 radical (unpaired) electrons. The second-order valence-corrected chi connectivity index (χ2v) is 11.4. The fourth-order valence-electron chi connectivity index (χ4n) is 6.32. The molecule has 0 saturated carbocycles. The largest absolute Gasteiger partial charge is 0.303 e. The molecule has 2 fully saturated rings. The molecule has 2 nitrogen and oxygen atoms in total. The quantitative estimate of drug-likeness (QED) is 0.260. The van der Waals surface area contributed by atoms with Crippen LogP contribution in [0.4, 0.5) is 0 Å². The minimum Gasteiger partial charge on any atom is -0.303 e. The lowest BCUT2D eigenvalue weighted by Crippen LogP contribution is -2.35. The SMILES string of the molecule is c1ccc(CCCC2CCN(CCCCCN3CCC(CCCc4ccccc4)CC3)CC2)cc1. The van der Waals surface area contributed by atoms with E-state index in [1.54, 1.807) is 0 Å². The van der Waals surface area contributed by atoms with Crippen LogP contribution in [-0.2, 0) is 12.8 Å². The van der Waals surface area contributed by atoms with Gasteiger partial charge in [0, 0.05) is 0 Å². The summed E-state index contributed by atoms with van der Waals surface area (Å²) >= 11 is 0. The van der Waals surface area contributed by atoms with E-state index in [0.717, 1.165) is 11.8 Å². The summed E-state index contributed by atoms with van der Waals surface area (Å²) in [6.07, 6.45) is 18.0. The summed E-state index contributed by atoms with van der Waals surface area (Å²) in [6.45, 7) is 8.03. The molecular weight excluding hydrogens is 424 g/mol. The Kier molecular flexibility index (Phi) is 11.7. The van der Waals surface area contributed by atoms with Crippen molar-refractivity contribution in [1.82, 2.24) is 9.80 Å². The minimum absolute atomic E-state index is 0.969. The molecular formula is C33H50N2. The number of unbranched alkanes of at least 4 members (excludes halogenated alkanes) is 2. The summed E-state index contributed by atoms with van der Waals surface area (Å²) in [5.74, 6) is 1.94. The Morgan fingerprint density at radius 1 is 0.486 bits per heavy atom. The maximum absolute atomic E-state index is 2.74. The van der Waals surface area contributed by atoms with Crippen LogP contribution in [0.1, 0.15) is 81.8 Å². The second-order valence-electron chi connectivity index (χ2n) is 11.4. The lowest BCUT2D eigenvalue weighted by molar-refractivity contribution is 0.165. The first kappa shape index (κ1) is 26.4. The smallest absolute Gasteiger partial charge is 0.00161 e. The van der Waals surface area contributed by atoms with Gasteiger partial charge in [-0.3, -0.25) is 0 Å². The van der Waals surface area contributed by atoms with E-state index in [0.29, 0.717) is 0 Å². The van der Waals surface area contributed by atoms with Gasteiger partial charge >= 0.3 is 0 Å². The van der Waals surface area contributed by atoms with Gasteiger partial charge in [-0.15, -0.1) is 0 Å². The van der Waals surface area contributed by atoms with Crippen molar-refractivity contribution >= 4 is 0 Å². The third-order valence-electron chi connectivity index (χ3n) is 8.70. The molecule has 0 bridgehead atoms. The van der Waals surface area contributed by atoms with Gasteiger partial charge < -0.3 is 9.80 Å². The zero-order chi connectivity index (χ0) is 24.0. The molecule has 0 atom stereocenters. The van der Waals surface area contributed by atoms with Crippen molar-refractivity contribution in [2.45, 2.75) is 83.5 Å². The molecule has 0 amide bonds.